The molecule has 1 aliphatic heterocycles. The van der Waals surface area contributed by atoms with Crippen LogP contribution in [-0.4, -0.2) is 51.4 Å². The molecule has 1 N–H and O–H groups in total. The third kappa shape index (κ3) is 6.21. The van der Waals surface area contributed by atoms with Crippen LogP contribution in [0.4, 0.5) is 11.4 Å². The Balaban J connectivity index is 1.71. The van der Waals surface area contributed by atoms with Gasteiger partial charge in [-0.1, -0.05) is 26.0 Å². The molecule has 0 unspecified atom stereocenters. The summed E-state index contributed by atoms with van der Waals surface area (Å²) in [4.78, 5) is 26.9. The average molecular weight is 427 g/mol. The van der Waals surface area contributed by atoms with Gasteiger partial charge >= 0.3 is 5.97 Å². The van der Waals surface area contributed by atoms with Gasteiger partial charge in [-0.2, -0.15) is 0 Å². The van der Waals surface area contributed by atoms with Gasteiger partial charge in [-0.25, -0.2) is 4.79 Å². The first-order valence-corrected chi connectivity index (χ1v) is 10.6. The van der Waals surface area contributed by atoms with Crippen LogP contribution in [0.15, 0.2) is 42.5 Å². The van der Waals surface area contributed by atoms with Crippen LogP contribution >= 0.6 is 0 Å². The van der Waals surface area contributed by atoms with Crippen molar-refractivity contribution in [1.82, 2.24) is 0 Å². The summed E-state index contributed by atoms with van der Waals surface area (Å²) >= 11 is 0. The number of carbonyl (C=O) groups is 2. The fourth-order valence-electron chi connectivity index (χ4n) is 3.34. The van der Waals surface area contributed by atoms with Crippen molar-refractivity contribution in [2.24, 2.45) is 0 Å². The first-order valence-electron chi connectivity index (χ1n) is 10.6. The number of nitrogens with zero attached hydrogens (tertiary/aromatic N) is 1. The minimum atomic E-state index is -0.423. The number of benzene rings is 2. The largest absolute Gasteiger partial charge is 0.484 e. The van der Waals surface area contributed by atoms with E-state index in [4.69, 9.17) is 14.2 Å². The van der Waals surface area contributed by atoms with Crippen LogP contribution < -0.4 is 15.0 Å². The van der Waals surface area contributed by atoms with Gasteiger partial charge in [0.05, 0.1) is 36.8 Å². The normalized spacial score (nSPS) is 13.7. The van der Waals surface area contributed by atoms with E-state index < -0.39 is 5.97 Å². The van der Waals surface area contributed by atoms with Crippen LogP contribution in [-0.2, 0) is 14.3 Å². The lowest BCUT2D eigenvalue weighted by molar-refractivity contribution is -0.118. The topological polar surface area (TPSA) is 77.1 Å². The van der Waals surface area contributed by atoms with Crippen molar-refractivity contribution in [2.45, 2.75) is 26.7 Å². The highest BCUT2D eigenvalue weighted by molar-refractivity contribution is 5.98. The zero-order chi connectivity index (χ0) is 22.2. The molecule has 166 valence electrons. The van der Waals surface area contributed by atoms with Crippen LogP contribution in [0.2, 0.25) is 0 Å². The summed E-state index contributed by atoms with van der Waals surface area (Å²) in [5.41, 5.74) is 2.99. The number of ether oxygens (including phenoxy) is 3. The Hall–Kier alpha value is -3.06. The monoisotopic (exact) mass is 426 g/mol. The van der Waals surface area contributed by atoms with Gasteiger partial charge < -0.3 is 24.4 Å². The molecule has 0 bridgehead atoms. The molecule has 1 heterocycles. The maximum absolute atomic E-state index is 12.6. The van der Waals surface area contributed by atoms with Crippen molar-refractivity contribution in [1.29, 1.82) is 0 Å². The highest BCUT2D eigenvalue weighted by atomic mass is 16.5. The first-order chi connectivity index (χ1) is 15.0. The molecule has 1 fully saturated rings. The smallest absolute Gasteiger partial charge is 0.338 e. The van der Waals surface area contributed by atoms with Crippen LogP contribution in [0, 0.1) is 0 Å². The number of carbonyl (C=O) groups excluding carboxylic acids is 2. The molecule has 3 rings (SSSR count). The van der Waals surface area contributed by atoms with Gasteiger partial charge in [-0.15, -0.1) is 0 Å². The molecule has 0 saturated carbocycles. The number of anilines is 2. The van der Waals surface area contributed by atoms with E-state index in [9.17, 15) is 9.59 Å². The zero-order valence-corrected chi connectivity index (χ0v) is 18.3. The van der Waals surface area contributed by atoms with Crippen LogP contribution in [0.25, 0.3) is 0 Å². The second-order valence-corrected chi connectivity index (χ2v) is 7.61. The van der Waals surface area contributed by atoms with Crippen LogP contribution in [0.5, 0.6) is 5.75 Å². The van der Waals surface area contributed by atoms with Crippen molar-refractivity contribution in [2.75, 3.05) is 49.7 Å². The Bertz CT molecular complexity index is 889. The number of nitrogens with one attached hydrogen (secondary N) is 1. The molecule has 0 atom stereocenters. The average Bonchev–Trinajstić information content (AvgIpc) is 2.78. The Morgan fingerprint density at radius 2 is 1.81 bits per heavy atom. The minimum Gasteiger partial charge on any atom is -0.484 e. The van der Waals surface area contributed by atoms with E-state index in [0.717, 1.165) is 5.69 Å². The van der Waals surface area contributed by atoms with Gasteiger partial charge in [0.1, 0.15) is 5.75 Å². The first kappa shape index (κ1) is 22.6. The summed E-state index contributed by atoms with van der Waals surface area (Å²) in [5, 5.41) is 2.89. The highest BCUT2D eigenvalue weighted by Gasteiger charge is 2.19. The summed E-state index contributed by atoms with van der Waals surface area (Å²) in [6.07, 6.45) is 0. The molecule has 0 radical (unpaired) electrons. The van der Waals surface area contributed by atoms with E-state index in [1.165, 1.54) is 5.56 Å². The van der Waals surface area contributed by atoms with E-state index in [1.807, 2.05) is 30.3 Å². The predicted molar refractivity (Wildman–Crippen MR) is 120 cm³/mol. The second kappa shape index (κ2) is 10.8. The Morgan fingerprint density at radius 1 is 1.10 bits per heavy atom. The van der Waals surface area contributed by atoms with E-state index in [1.54, 1.807) is 19.1 Å². The van der Waals surface area contributed by atoms with E-state index >= 15 is 0 Å². The molecule has 0 aliphatic carbocycles. The lowest BCUT2D eigenvalue weighted by Gasteiger charge is -2.30. The molecule has 0 spiro atoms. The van der Waals surface area contributed by atoms with Gasteiger partial charge in [0.2, 0.25) is 0 Å². The number of rotatable bonds is 8. The lowest BCUT2D eigenvalue weighted by atomic mass is 10.0. The summed E-state index contributed by atoms with van der Waals surface area (Å²) in [7, 11) is 0. The predicted octanol–water partition coefficient (Wildman–Crippen LogP) is 3.84. The molecule has 0 aromatic heterocycles. The minimum absolute atomic E-state index is 0.132. The van der Waals surface area contributed by atoms with Gasteiger partial charge in [0, 0.05) is 13.1 Å². The maximum Gasteiger partial charge on any atom is 0.338 e. The van der Waals surface area contributed by atoms with Gasteiger partial charge in [0.25, 0.3) is 5.91 Å². The summed E-state index contributed by atoms with van der Waals surface area (Å²) < 4.78 is 16.2. The van der Waals surface area contributed by atoms with Gasteiger partial charge in [-0.3, -0.25) is 4.79 Å². The highest BCUT2D eigenvalue weighted by Crippen LogP contribution is 2.28. The van der Waals surface area contributed by atoms with Crippen molar-refractivity contribution in [3.63, 3.8) is 0 Å². The molecule has 2 aromatic carbocycles. The number of hydrogen-bond acceptors (Lipinski definition) is 6. The SMILES string of the molecule is CCOC(=O)c1ccc(N2CCOCC2)c(NC(=O)COc2ccc(C(C)C)cc2)c1. The van der Waals surface area contributed by atoms with Crippen molar-refractivity contribution in [3.05, 3.63) is 53.6 Å². The Morgan fingerprint density at radius 3 is 2.45 bits per heavy atom. The number of amides is 1. The maximum atomic E-state index is 12.6. The van der Waals surface area contributed by atoms with E-state index in [0.29, 0.717) is 49.2 Å². The molecule has 7 heteroatoms. The van der Waals surface area contributed by atoms with E-state index in [-0.39, 0.29) is 19.1 Å². The van der Waals surface area contributed by atoms with Crippen LogP contribution in [0.3, 0.4) is 0 Å². The van der Waals surface area contributed by atoms with Crippen molar-refractivity contribution >= 4 is 23.3 Å². The second-order valence-electron chi connectivity index (χ2n) is 7.61. The summed E-state index contributed by atoms with van der Waals surface area (Å²) in [6, 6.07) is 12.9. The third-order valence-corrected chi connectivity index (χ3v) is 5.05. The van der Waals surface area contributed by atoms with Gasteiger partial charge in [0.15, 0.2) is 6.61 Å². The molecule has 2 aromatic rings. The fraction of sp³-hybridized carbons (Fsp3) is 0.417. The Kier molecular flexibility index (Phi) is 7.89. The summed E-state index contributed by atoms with van der Waals surface area (Å²) in [5.74, 6) is 0.340. The molecule has 1 saturated heterocycles. The fourth-order valence-corrected chi connectivity index (χ4v) is 3.34. The number of hydrogen-bond donors (Lipinski definition) is 1. The molecule has 7 nitrogen and oxygen atoms in total. The van der Waals surface area contributed by atoms with E-state index in [2.05, 4.69) is 24.1 Å². The summed E-state index contributed by atoms with van der Waals surface area (Å²) in [6.45, 7) is 8.81. The molecule has 31 heavy (non-hydrogen) atoms. The lowest BCUT2D eigenvalue weighted by Crippen LogP contribution is -2.37. The molecule has 1 amide bonds. The number of esters is 1. The third-order valence-electron chi connectivity index (χ3n) is 5.05. The Labute approximate surface area is 183 Å². The molecular formula is C24H30N2O5. The molecular weight excluding hydrogens is 396 g/mol. The zero-order valence-electron chi connectivity index (χ0n) is 18.3. The van der Waals surface area contributed by atoms with Crippen molar-refractivity contribution < 1.29 is 23.8 Å². The molecule has 1 aliphatic rings. The van der Waals surface area contributed by atoms with Crippen molar-refractivity contribution in [3.8, 4) is 5.75 Å². The quantitative estimate of drug-likeness (QED) is 0.647. The number of morpholine rings is 1. The van der Waals surface area contributed by atoms with Crippen LogP contribution in [0.1, 0.15) is 42.6 Å². The standard InChI is InChI=1S/C24H30N2O5/c1-4-30-24(28)19-7-10-22(26-11-13-29-14-12-26)21(15-19)25-23(27)16-31-20-8-5-18(6-9-20)17(2)3/h5-10,15,17H,4,11-14,16H2,1-3H3,(H,25,27). The van der Waals surface area contributed by atoms with Gasteiger partial charge in [-0.05, 0) is 48.7 Å².